The normalized spacial score (nSPS) is 23.1. The van der Waals surface area contributed by atoms with Gasteiger partial charge in [0.15, 0.2) is 0 Å². The highest BCUT2D eigenvalue weighted by molar-refractivity contribution is 5.77. The van der Waals surface area contributed by atoms with Crippen molar-refractivity contribution in [3.63, 3.8) is 0 Å². The van der Waals surface area contributed by atoms with Crippen LogP contribution >= 0.6 is 0 Å². The molecule has 1 aliphatic rings. The Morgan fingerprint density at radius 1 is 1.64 bits per heavy atom. The molecule has 6 heteroatoms. The van der Waals surface area contributed by atoms with Crippen molar-refractivity contribution < 1.29 is 19.8 Å². The predicted molar refractivity (Wildman–Crippen MR) is 81.6 cm³/mol. The van der Waals surface area contributed by atoms with Crippen LogP contribution in [-0.4, -0.2) is 33.9 Å². The molecular formula is C16H22N2O4. The molecule has 0 amide bonds. The second-order valence-electron chi connectivity index (χ2n) is 6.40. The maximum absolute atomic E-state index is 11.2. The van der Waals surface area contributed by atoms with Gasteiger partial charge in [-0.1, -0.05) is 0 Å². The van der Waals surface area contributed by atoms with Gasteiger partial charge in [-0.15, -0.1) is 5.16 Å². The standard InChI is InChI=1S/C16H22N2O4/c1-10(19)5-6-16(4,20)13-7-12-14(11(2)18-13)22-9-15(12,3)8-17-21/h7-8,20-21H,5-6,9H2,1-4H3/b17-8+/t15-,16?/m0/s1. The van der Waals surface area contributed by atoms with Crippen LogP contribution in [0, 0.1) is 6.92 Å². The summed E-state index contributed by atoms with van der Waals surface area (Å²) in [4.78, 5) is 15.6. The third-order valence-corrected chi connectivity index (χ3v) is 4.13. The van der Waals surface area contributed by atoms with Crippen molar-refractivity contribution in [2.24, 2.45) is 5.16 Å². The monoisotopic (exact) mass is 306 g/mol. The van der Waals surface area contributed by atoms with Gasteiger partial charge in [-0.05, 0) is 40.2 Å². The van der Waals surface area contributed by atoms with Crippen LogP contribution in [0.25, 0.3) is 0 Å². The number of ketones is 1. The Kier molecular flexibility index (Phi) is 4.24. The van der Waals surface area contributed by atoms with Gasteiger partial charge in [0.1, 0.15) is 23.7 Å². The van der Waals surface area contributed by atoms with E-state index < -0.39 is 11.0 Å². The molecule has 2 rings (SSSR count). The summed E-state index contributed by atoms with van der Waals surface area (Å²) < 4.78 is 5.66. The topological polar surface area (TPSA) is 92.0 Å². The zero-order valence-corrected chi connectivity index (χ0v) is 13.4. The van der Waals surface area contributed by atoms with Gasteiger partial charge < -0.3 is 19.8 Å². The number of hydrogen-bond donors (Lipinski definition) is 2. The summed E-state index contributed by atoms with van der Waals surface area (Å²) in [5.74, 6) is 0.687. The van der Waals surface area contributed by atoms with E-state index in [1.54, 1.807) is 13.0 Å². The summed E-state index contributed by atoms with van der Waals surface area (Å²) in [7, 11) is 0. The van der Waals surface area contributed by atoms with E-state index in [1.807, 2.05) is 13.8 Å². The first-order chi connectivity index (χ1) is 10.2. The van der Waals surface area contributed by atoms with Gasteiger partial charge in [0, 0.05) is 12.0 Å². The largest absolute Gasteiger partial charge is 0.490 e. The van der Waals surface area contributed by atoms with Crippen LogP contribution in [0.3, 0.4) is 0 Å². The lowest BCUT2D eigenvalue weighted by atomic mass is 9.83. The Morgan fingerprint density at radius 2 is 2.32 bits per heavy atom. The van der Waals surface area contributed by atoms with Crippen LogP contribution in [0.15, 0.2) is 11.2 Å². The van der Waals surface area contributed by atoms with E-state index in [1.165, 1.54) is 13.1 Å². The van der Waals surface area contributed by atoms with Crippen molar-refractivity contribution in [1.29, 1.82) is 0 Å². The first-order valence-corrected chi connectivity index (χ1v) is 7.25. The van der Waals surface area contributed by atoms with Gasteiger partial charge in [-0.2, -0.15) is 0 Å². The zero-order chi connectivity index (χ0) is 16.5. The minimum atomic E-state index is -1.20. The molecular weight excluding hydrogens is 284 g/mol. The van der Waals surface area contributed by atoms with Crippen LogP contribution in [-0.2, 0) is 15.8 Å². The number of ether oxygens (including phenoxy) is 1. The number of Topliss-reactive ketones (excluding diaryl/α,β-unsaturated/α-hetero) is 1. The molecule has 2 heterocycles. The molecule has 2 atom stereocenters. The maximum Gasteiger partial charge on any atom is 0.144 e. The van der Waals surface area contributed by atoms with Gasteiger partial charge >= 0.3 is 0 Å². The first kappa shape index (κ1) is 16.4. The van der Waals surface area contributed by atoms with E-state index in [-0.39, 0.29) is 12.2 Å². The van der Waals surface area contributed by atoms with Crippen LogP contribution in [0.4, 0.5) is 0 Å². The van der Waals surface area contributed by atoms with E-state index in [0.717, 1.165) is 5.56 Å². The summed E-state index contributed by atoms with van der Waals surface area (Å²) in [5.41, 5.74) is 0.226. The second-order valence-corrected chi connectivity index (χ2v) is 6.40. The number of fused-ring (bicyclic) bond motifs is 1. The summed E-state index contributed by atoms with van der Waals surface area (Å²) in [6, 6.07) is 1.77. The molecule has 1 unspecified atom stereocenters. The van der Waals surface area contributed by atoms with Crippen molar-refractivity contribution in [2.75, 3.05) is 6.61 Å². The maximum atomic E-state index is 11.2. The molecule has 0 aliphatic carbocycles. The number of pyridine rings is 1. The SMILES string of the molecule is CC(=O)CCC(C)(O)c1cc2c(c(C)n1)OC[C@]2(C)/C=N/O. The Labute approximate surface area is 129 Å². The minimum absolute atomic E-state index is 0.0266. The van der Waals surface area contributed by atoms with Crippen molar-refractivity contribution in [2.45, 2.75) is 51.6 Å². The number of aliphatic hydroxyl groups is 1. The van der Waals surface area contributed by atoms with Crippen LogP contribution < -0.4 is 4.74 Å². The van der Waals surface area contributed by atoms with Gasteiger partial charge in [0.25, 0.3) is 0 Å². The smallest absolute Gasteiger partial charge is 0.144 e. The molecule has 0 bridgehead atoms. The average molecular weight is 306 g/mol. The number of rotatable bonds is 5. The average Bonchev–Trinajstić information content (AvgIpc) is 2.75. The highest BCUT2D eigenvalue weighted by Gasteiger charge is 2.39. The van der Waals surface area contributed by atoms with Gasteiger partial charge in [0.05, 0.1) is 23.0 Å². The summed E-state index contributed by atoms with van der Waals surface area (Å²) in [6.07, 6.45) is 2.02. The molecule has 1 aromatic heterocycles. The third-order valence-electron chi connectivity index (χ3n) is 4.13. The summed E-state index contributed by atoms with van der Waals surface area (Å²) in [6.45, 7) is 7.21. The zero-order valence-electron chi connectivity index (χ0n) is 13.4. The van der Waals surface area contributed by atoms with Crippen LogP contribution in [0.2, 0.25) is 0 Å². The second kappa shape index (κ2) is 5.68. The third kappa shape index (κ3) is 2.97. The number of hydrogen-bond acceptors (Lipinski definition) is 6. The molecule has 0 saturated heterocycles. The lowest BCUT2D eigenvalue weighted by molar-refractivity contribution is -0.118. The van der Waals surface area contributed by atoms with Crippen LogP contribution in [0.1, 0.15) is 50.6 Å². The Bertz CT molecular complexity index is 625. The molecule has 120 valence electrons. The Morgan fingerprint density at radius 3 is 2.91 bits per heavy atom. The fourth-order valence-corrected chi connectivity index (χ4v) is 2.62. The first-order valence-electron chi connectivity index (χ1n) is 7.25. The van der Waals surface area contributed by atoms with E-state index in [9.17, 15) is 9.90 Å². The van der Waals surface area contributed by atoms with Crippen molar-refractivity contribution >= 4 is 12.0 Å². The number of oxime groups is 1. The number of nitrogens with zero attached hydrogens (tertiary/aromatic N) is 2. The van der Waals surface area contributed by atoms with Gasteiger partial charge in [-0.3, -0.25) is 4.98 Å². The Balaban J connectivity index is 2.45. The molecule has 1 aromatic rings. The highest BCUT2D eigenvalue weighted by atomic mass is 16.5. The fraction of sp³-hybridized carbons (Fsp3) is 0.562. The Hall–Kier alpha value is -1.95. The van der Waals surface area contributed by atoms with Gasteiger partial charge in [0.2, 0.25) is 0 Å². The number of carbonyl (C=O) groups excluding carboxylic acids is 1. The lowest BCUT2D eigenvalue weighted by Gasteiger charge is -2.25. The van der Waals surface area contributed by atoms with E-state index in [2.05, 4.69) is 10.1 Å². The minimum Gasteiger partial charge on any atom is -0.490 e. The van der Waals surface area contributed by atoms with Crippen molar-refractivity contribution in [1.82, 2.24) is 4.98 Å². The predicted octanol–water partition coefficient (Wildman–Crippen LogP) is 2.08. The molecule has 0 saturated carbocycles. The molecule has 0 fully saturated rings. The molecule has 2 N–H and O–H groups in total. The number of carbonyl (C=O) groups is 1. The van der Waals surface area contributed by atoms with Crippen molar-refractivity contribution in [3.05, 3.63) is 23.0 Å². The van der Waals surface area contributed by atoms with Gasteiger partial charge in [-0.25, -0.2) is 0 Å². The van der Waals surface area contributed by atoms with Crippen LogP contribution in [0.5, 0.6) is 5.75 Å². The molecule has 0 spiro atoms. The molecule has 0 radical (unpaired) electrons. The highest BCUT2D eigenvalue weighted by Crippen LogP contribution is 2.41. The lowest BCUT2D eigenvalue weighted by Crippen LogP contribution is -2.28. The van der Waals surface area contributed by atoms with E-state index in [0.29, 0.717) is 30.2 Å². The summed E-state index contributed by atoms with van der Waals surface area (Å²) >= 11 is 0. The van der Waals surface area contributed by atoms with Crippen molar-refractivity contribution in [3.8, 4) is 5.75 Å². The number of aryl methyl sites for hydroxylation is 1. The summed E-state index contributed by atoms with van der Waals surface area (Å²) in [5, 5.41) is 22.7. The van der Waals surface area contributed by atoms with E-state index >= 15 is 0 Å². The fourth-order valence-electron chi connectivity index (χ4n) is 2.62. The molecule has 0 aromatic carbocycles. The quantitative estimate of drug-likeness (QED) is 0.493. The molecule has 22 heavy (non-hydrogen) atoms. The molecule has 1 aliphatic heterocycles. The molecule has 6 nitrogen and oxygen atoms in total. The van der Waals surface area contributed by atoms with E-state index in [4.69, 9.17) is 9.94 Å². The number of aromatic nitrogens is 1.